The van der Waals surface area contributed by atoms with Gasteiger partial charge in [-0.05, 0) is 98.0 Å². The van der Waals surface area contributed by atoms with E-state index in [1.54, 1.807) is 66.7 Å². The molecule has 0 N–H and O–H groups in total. The van der Waals surface area contributed by atoms with Gasteiger partial charge in [-0.25, -0.2) is 19.2 Å². The van der Waals surface area contributed by atoms with Crippen LogP contribution in [-0.4, -0.2) is 50.3 Å². The van der Waals surface area contributed by atoms with Gasteiger partial charge in [-0.1, -0.05) is 133 Å². The molecule has 0 heterocycles. The van der Waals surface area contributed by atoms with Gasteiger partial charge in [0.2, 0.25) is 0 Å². The number of ether oxygens (including phenoxy) is 6. The summed E-state index contributed by atoms with van der Waals surface area (Å²) in [7, 11) is 0. The lowest BCUT2D eigenvalue weighted by atomic mass is 10.0. The van der Waals surface area contributed by atoms with Crippen molar-refractivity contribution in [2.75, 3.05) is 26.4 Å². The normalized spacial score (nSPS) is 10.7. The molecule has 10 nitrogen and oxygen atoms in total. The van der Waals surface area contributed by atoms with Gasteiger partial charge in [0.15, 0.2) is 0 Å². The molecule has 0 bridgehead atoms. The van der Waals surface area contributed by atoms with Crippen LogP contribution in [0, 0.1) is 0 Å². The molecule has 0 radical (unpaired) electrons. The maximum Gasteiger partial charge on any atom is 0.343 e. The van der Waals surface area contributed by atoms with E-state index >= 15 is 0 Å². The lowest BCUT2D eigenvalue weighted by Gasteiger charge is -2.13. The van der Waals surface area contributed by atoms with Crippen LogP contribution < -0.4 is 18.9 Å². The smallest absolute Gasteiger partial charge is 0.343 e. The van der Waals surface area contributed by atoms with Gasteiger partial charge in [0, 0.05) is 17.7 Å². The average molecular weight is 875 g/mol. The van der Waals surface area contributed by atoms with Gasteiger partial charge in [-0.2, -0.15) is 0 Å². The van der Waals surface area contributed by atoms with Crippen LogP contribution in [0.1, 0.15) is 136 Å². The summed E-state index contributed by atoms with van der Waals surface area (Å²) in [6.07, 6.45) is 22.2. The Balaban J connectivity index is 1.14. The Bertz CT molecular complexity index is 1990. The third-order valence-electron chi connectivity index (χ3n) is 10.6. The Labute approximate surface area is 379 Å². The molecule has 342 valence electrons. The molecule has 4 aromatic rings. The Morgan fingerprint density at radius 3 is 1.20 bits per heavy atom. The molecule has 10 heteroatoms. The summed E-state index contributed by atoms with van der Waals surface area (Å²) in [4.78, 5) is 48.6. The average Bonchev–Trinajstić information content (AvgIpc) is 3.32. The lowest BCUT2D eigenvalue weighted by molar-refractivity contribution is -0.138. The van der Waals surface area contributed by atoms with Crippen LogP contribution in [0.2, 0.25) is 0 Å². The molecule has 0 fully saturated rings. The fourth-order valence-corrected chi connectivity index (χ4v) is 6.93. The van der Waals surface area contributed by atoms with Gasteiger partial charge in [-0.3, -0.25) is 0 Å². The maximum absolute atomic E-state index is 13.3. The quantitative estimate of drug-likeness (QED) is 0.0198. The molecule has 0 aromatic heterocycles. The largest absolute Gasteiger partial charge is 0.494 e. The van der Waals surface area contributed by atoms with Gasteiger partial charge in [-0.15, -0.1) is 0 Å². The summed E-state index contributed by atoms with van der Waals surface area (Å²) in [5.74, 6) is 0.292. The predicted molar refractivity (Wildman–Crippen MR) is 251 cm³/mol. The molecule has 0 unspecified atom stereocenters. The van der Waals surface area contributed by atoms with Crippen molar-refractivity contribution in [3.8, 4) is 34.1 Å². The number of rotatable bonds is 33. The number of carbonyl (C=O) groups excluding carboxylic acids is 4. The first-order valence-electron chi connectivity index (χ1n) is 23.0. The number of esters is 4. The molecule has 0 atom stereocenters. The first-order valence-corrected chi connectivity index (χ1v) is 23.0. The molecule has 0 aliphatic heterocycles. The van der Waals surface area contributed by atoms with Gasteiger partial charge in [0.1, 0.15) is 23.0 Å². The Morgan fingerprint density at radius 2 is 0.781 bits per heavy atom. The third-order valence-corrected chi connectivity index (χ3v) is 10.6. The van der Waals surface area contributed by atoms with Crippen molar-refractivity contribution in [3.05, 3.63) is 133 Å². The molecule has 4 rings (SSSR count). The van der Waals surface area contributed by atoms with E-state index in [0.29, 0.717) is 66.1 Å². The Kier molecular flexibility index (Phi) is 24.3. The summed E-state index contributed by atoms with van der Waals surface area (Å²) in [5, 5.41) is 0. The summed E-state index contributed by atoms with van der Waals surface area (Å²) in [6, 6.07) is 28.3. The summed E-state index contributed by atoms with van der Waals surface area (Å²) in [6.45, 7) is 8.94. The number of carbonyl (C=O) groups is 4. The number of benzene rings is 4. The van der Waals surface area contributed by atoms with E-state index in [1.165, 1.54) is 50.7 Å². The number of hydrogen-bond acceptors (Lipinski definition) is 10. The molecule has 0 aliphatic carbocycles. The van der Waals surface area contributed by atoms with Crippen molar-refractivity contribution >= 4 is 23.9 Å². The molecule has 64 heavy (non-hydrogen) atoms. The first kappa shape index (κ1) is 50.5. The third kappa shape index (κ3) is 20.4. The zero-order valence-corrected chi connectivity index (χ0v) is 37.4. The summed E-state index contributed by atoms with van der Waals surface area (Å²) in [5.41, 5.74) is 2.17. The number of unbranched alkanes of at least 4 members (excludes halogenated alkanes) is 16. The van der Waals surface area contributed by atoms with Crippen molar-refractivity contribution < 1.29 is 47.6 Å². The van der Waals surface area contributed by atoms with E-state index in [2.05, 4.69) is 13.2 Å². The molecule has 0 saturated carbocycles. The SMILES string of the molecule is C=CC(=O)OCCCCCCCCCCCOc1ccc(C(=O)Oc2ccc(OC(=O)c3ccc(OCCCCCCCCCCCOC(=O)C=C)cc3)c(-c3ccccc3)c2)cc1. The molecule has 0 aliphatic rings. The minimum atomic E-state index is -0.516. The summed E-state index contributed by atoms with van der Waals surface area (Å²) >= 11 is 0. The van der Waals surface area contributed by atoms with E-state index in [0.717, 1.165) is 82.6 Å². The highest BCUT2D eigenvalue weighted by Gasteiger charge is 2.17. The van der Waals surface area contributed by atoms with Crippen LogP contribution in [0.15, 0.2) is 122 Å². The fourth-order valence-electron chi connectivity index (χ4n) is 6.93. The lowest BCUT2D eigenvalue weighted by Crippen LogP contribution is -2.10. The molecular weight excluding hydrogens is 809 g/mol. The van der Waals surface area contributed by atoms with Gasteiger partial charge in [0.05, 0.1) is 37.6 Å². The van der Waals surface area contributed by atoms with E-state index < -0.39 is 11.9 Å². The van der Waals surface area contributed by atoms with E-state index in [9.17, 15) is 19.2 Å². The zero-order chi connectivity index (χ0) is 45.5. The topological polar surface area (TPSA) is 124 Å². The van der Waals surface area contributed by atoms with Crippen LogP contribution in [0.3, 0.4) is 0 Å². The first-order chi connectivity index (χ1) is 31.4. The summed E-state index contributed by atoms with van der Waals surface area (Å²) < 4.78 is 33.5. The van der Waals surface area contributed by atoms with Crippen LogP contribution in [0.4, 0.5) is 0 Å². The second-order valence-corrected chi connectivity index (χ2v) is 15.7. The highest BCUT2D eigenvalue weighted by molar-refractivity contribution is 5.93. The van der Waals surface area contributed by atoms with Gasteiger partial charge in [0.25, 0.3) is 0 Å². The van der Waals surface area contributed by atoms with Crippen molar-refractivity contribution in [2.24, 2.45) is 0 Å². The Hall–Kier alpha value is -6.16. The molecule has 0 amide bonds. The molecule has 0 spiro atoms. The molecular formula is C54H66O10. The van der Waals surface area contributed by atoms with E-state index in [4.69, 9.17) is 28.4 Å². The maximum atomic E-state index is 13.3. The van der Waals surface area contributed by atoms with Gasteiger partial charge >= 0.3 is 23.9 Å². The van der Waals surface area contributed by atoms with Crippen LogP contribution in [-0.2, 0) is 19.1 Å². The molecule has 4 aromatic carbocycles. The second kappa shape index (κ2) is 30.8. The van der Waals surface area contributed by atoms with Crippen molar-refractivity contribution in [1.29, 1.82) is 0 Å². The second-order valence-electron chi connectivity index (χ2n) is 15.7. The van der Waals surface area contributed by atoms with E-state index in [1.807, 2.05) is 30.3 Å². The highest BCUT2D eigenvalue weighted by Crippen LogP contribution is 2.34. The molecule has 0 saturated heterocycles. The minimum Gasteiger partial charge on any atom is -0.494 e. The van der Waals surface area contributed by atoms with Crippen LogP contribution >= 0.6 is 0 Å². The minimum absolute atomic E-state index is 0.314. The van der Waals surface area contributed by atoms with Crippen LogP contribution in [0.5, 0.6) is 23.0 Å². The number of hydrogen-bond donors (Lipinski definition) is 0. The standard InChI is InChI=1S/C54H66O10/c1-3-51(55)61-40-24-17-13-9-5-7-11-15-22-38-59-46-32-28-44(29-33-46)53(57)63-48-36-37-50(49(42-48)43-26-20-19-21-27-43)64-54(58)45-30-34-47(35-31-45)60-39-23-16-12-8-6-10-14-18-25-41-62-52(56)4-2/h3-4,19-21,26-37,42H,1-2,5-18,22-25,38-41H2. The highest BCUT2D eigenvalue weighted by atomic mass is 16.5. The van der Waals surface area contributed by atoms with Gasteiger partial charge < -0.3 is 28.4 Å². The Morgan fingerprint density at radius 1 is 0.406 bits per heavy atom. The zero-order valence-electron chi connectivity index (χ0n) is 37.4. The van der Waals surface area contributed by atoms with Crippen molar-refractivity contribution in [1.82, 2.24) is 0 Å². The fraction of sp³-hybridized carbons (Fsp3) is 0.407. The van der Waals surface area contributed by atoms with Crippen molar-refractivity contribution in [3.63, 3.8) is 0 Å². The van der Waals surface area contributed by atoms with Crippen molar-refractivity contribution in [2.45, 2.75) is 116 Å². The predicted octanol–water partition coefficient (Wildman–Crippen LogP) is 13.0. The monoisotopic (exact) mass is 874 g/mol. The van der Waals surface area contributed by atoms with E-state index in [-0.39, 0.29) is 11.9 Å². The van der Waals surface area contributed by atoms with Crippen LogP contribution in [0.25, 0.3) is 11.1 Å².